The molecule has 0 aliphatic rings. The van der Waals surface area contributed by atoms with Gasteiger partial charge in [0.2, 0.25) is 0 Å². The molecule has 0 aliphatic carbocycles. The second kappa shape index (κ2) is 7.78. The van der Waals surface area contributed by atoms with Crippen LogP contribution in [-0.2, 0) is 9.59 Å². The van der Waals surface area contributed by atoms with Crippen LogP contribution in [0.1, 0.15) is 18.4 Å². The van der Waals surface area contributed by atoms with E-state index in [4.69, 9.17) is 9.84 Å². The Morgan fingerprint density at radius 1 is 0.955 bits per heavy atom. The van der Waals surface area contributed by atoms with Crippen LogP contribution < -0.4 is 4.74 Å². The fourth-order valence-electron chi connectivity index (χ4n) is 1.93. The third-order valence-corrected chi connectivity index (χ3v) is 2.97. The van der Waals surface area contributed by atoms with Crippen molar-refractivity contribution in [2.24, 2.45) is 0 Å². The molecule has 0 amide bonds. The van der Waals surface area contributed by atoms with Crippen LogP contribution in [0, 0.1) is 0 Å². The average Bonchev–Trinajstić information content (AvgIpc) is 2.53. The standard InChI is InChI=1S/C18H16O4/c19-17(20)13-7-12-16(14-8-3-1-4-9-14)18(21)22-15-10-5-2-6-11-15/h1-6,8-12H,7,13H2,(H,19,20). The molecule has 0 saturated carbocycles. The normalized spacial score (nSPS) is 11.0. The van der Waals surface area contributed by atoms with E-state index in [2.05, 4.69) is 0 Å². The Morgan fingerprint density at radius 3 is 2.14 bits per heavy atom. The minimum Gasteiger partial charge on any atom is -0.481 e. The Hall–Kier alpha value is -2.88. The summed E-state index contributed by atoms with van der Waals surface area (Å²) in [5.74, 6) is -0.949. The topological polar surface area (TPSA) is 63.6 Å². The number of para-hydroxylation sites is 1. The minimum atomic E-state index is -0.903. The lowest BCUT2D eigenvalue weighted by Gasteiger charge is -2.08. The van der Waals surface area contributed by atoms with Crippen LogP contribution >= 0.6 is 0 Å². The molecule has 0 fully saturated rings. The summed E-state index contributed by atoms with van der Waals surface area (Å²) in [4.78, 5) is 23.0. The molecule has 0 radical (unpaired) electrons. The predicted molar refractivity (Wildman–Crippen MR) is 83.4 cm³/mol. The van der Waals surface area contributed by atoms with E-state index in [1.165, 1.54) is 0 Å². The van der Waals surface area contributed by atoms with Gasteiger partial charge < -0.3 is 9.84 Å². The number of allylic oxidation sites excluding steroid dienone is 1. The molecule has 1 N–H and O–H groups in total. The molecule has 0 aromatic heterocycles. The molecule has 0 heterocycles. The van der Waals surface area contributed by atoms with Crippen LogP contribution in [0.5, 0.6) is 5.75 Å². The zero-order valence-electron chi connectivity index (χ0n) is 11.9. The van der Waals surface area contributed by atoms with Crippen LogP contribution in [0.25, 0.3) is 5.57 Å². The summed E-state index contributed by atoms with van der Waals surface area (Å²) in [7, 11) is 0. The van der Waals surface area contributed by atoms with Crippen molar-refractivity contribution in [1.82, 2.24) is 0 Å². The number of benzene rings is 2. The summed E-state index contributed by atoms with van der Waals surface area (Å²) < 4.78 is 5.33. The molecule has 0 aliphatic heterocycles. The molecule has 112 valence electrons. The van der Waals surface area contributed by atoms with Gasteiger partial charge in [0, 0.05) is 6.42 Å². The van der Waals surface area contributed by atoms with Gasteiger partial charge in [0.25, 0.3) is 0 Å². The fraction of sp³-hybridized carbons (Fsp3) is 0.111. The molecule has 0 bridgehead atoms. The van der Waals surface area contributed by atoms with Gasteiger partial charge in [0.15, 0.2) is 0 Å². The molecule has 2 rings (SSSR count). The Morgan fingerprint density at radius 2 is 1.55 bits per heavy atom. The molecular formula is C18H16O4. The Labute approximate surface area is 128 Å². The highest BCUT2D eigenvalue weighted by Crippen LogP contribution is 2.19. The molecule has 0 atom stereocenters. The first kappa shape index (κ1) is 15.5. The van der Waals surface area contributed by atoms with Crippen LogP contribution in [0.4, 0.5) is 0 Å². The number of ether oxygens (including phenoxy) is 1. The highest BCUT2D eigenvalue weighted by molar-refractivity contribution is 6.17. The third-order valence-electron chi connectivity index (χ3n) is 2.97. The zero-order chi connectivity index (χ0) is 15.8. The summed E-state index contributed by atoms with van der Waals surface area (Å²) in [5, 5.41) is 8.73. The molecule has 0 spiro atoms. The zero-order valence-corrected chi connectivity index (χ0v) is 11.9. The van der Waals surface area contributed by atoms with Crippen molar-refractivity contribution < 1.29 is 19.4 Å². The van der Waals surface area contributed by atoms with Crippen LogP contribution in [0.15, 0.2) is 66.7 Å². The van der Waals surface area contributed by atoms with Crippen molar-refractivity contribution in [3.63, 3.8) is 0 Å². The van der Waals surface area contributed by atoms with E-state index < -0.39 is 11.9 Å². The van der Waals surface area contributed by atoms with Crippen LogP contribution in [0.3, 0.4) is 0 Å². The number of hydrogen-bond donors (Lipinski definition) is 1. The molecule has 4 heteroatoms. The maximum atomic E-state index is 12.4. The van der Waals surface area contributed by atoms with E-state index in [0.717, 1.165) is 0 Å². The first-order valence-electron chi connectivity index (χ1n) is 6.91. The fourth-order valence-corrected chi connectivity index (χ4v) is 1.93. The van der Waals surface area contributed by atoms with Crippen LogP contribution in [0.2, 0.25) is 0 Å². The largest absolute Gasteiger partial charge is 0.481 e. The van der Waals surface area contributed by atoms with Crippen molar-refractivity contribution >= 4 is 17.5 Å². The van der Waals surface area contributed by atoms with Crippen molar-refractivity contribution in [3.8, 4) is 5.75 Å². The van der Waals surface area contributed by atoms with Crippen molar-refractivity contribution in [2.75, 3.05) is 0 Å². The molecule has 22 heavy (non-hydrogen) atoms. The van der Waals surface area contributed by atoms with Crippen LogP contribution in [-0.4, -0.2) is 17.0 Å². The third kappa shape index (κ3) is 4.59. The number of esters is 1. The summed E-state index contributed by atoms with van der Waals surface area (Å²) >= 11 is 0. The van der Waals surface area contributed by atoms with E-state index in [1.807, 2.05) is 24.3 Å². The highest BCUT2D eigenvalue weighted by atomic mass is 16.5. The number of carboxylic acids is 1. The van der Waals surface area contributed by atoms with E-state index in [9.17, 15) is 9.59 Å². The van der Waals surface area contributed by atoms with E-state index in [1.54, 1.807) is 42.5 Å². The number of carboxylic acid groups (broad SMARTS) is 1. The molecule has 4 nitrogen and oxygen atoms in total. The minimum absolute atomic E-state index is 0.0328. The van der Waals surface area contributed by atoms with Gasteiger partial charge in [0.05, 0.1) is 5.57 Å². The second-order valence-electron chi connectivity index (χ2n) is 4.62. The van der Waals surface area contributed by atoms with E-state index >= 15 is 0 Å². The highest BCUT2D eigenvalue weighted by Gasteiger charge is 2.14. The van der Waals surface area contributed by atoms with Crippen molar-refractivity contribution in [3.05, 3.63) is 72.3 Å². The lowest BCUT2D eigenvalue weighted by molar-refractivity contribution is -0.137. The summed E-state index contributed by atoms with van der Waals surface area (Å²) in [5.41, 5.74) is 1.07. The first-order chi connectivity index (χ1) is 10.7. The second-order valence-corrected chi connectivity index (χ2v) is 4.62. The molecule has 0 saturated heterocycles. The number of aliphatic carboxylic acids is 1. The Bertz CT molecular complexity index is 660. The lowest BCUT2D eigenvalue weighted by Crippen LogP contribution is -2.10. The lowest BCUT2D eigenvalue weighted by atomic mass is 10.0. The van der Waals surface area contributed by atoms with E-state index in [0.29, 0.717) is 16.9 Å². The Balaban J connectivity index is 2.20. The Kier molecular flexibility index (Phi) is 5.49. The van der Waals surface area contributed by atoms with Gasteiger partial charge >= 0.3 is 11.9 Å². The number of carbonyl (C=O) groups is 2. The van der Waals surface area contributed by atoms with Gasteiger partial charge in [0.1, 0.15) is 5.75 Å². The average molecular weight is 296 g/mol. The van der Waals surface area contributed by atoms with Gasteiger partial charge in [-0.15, -0.1) is 0 Å². The van der Waals surface area contributed by atoms with Crippen molar-refractivity contribution in [2.45, 2.75) is 12.8 Å². The first-order valence-corrected chi connectivity index (χ1v) is 6.91. The number of rotatable bonds is 6. The maximum absolute atomic E-state index is 12.4. The summed E-state index contributed by atoms with van der Waals surface area (Å²) in [6, 6.07) is 17.8. The summed E-state index contributed by atoms with van der Waals surface area (Å²) in [6.07, 6.45) is 1.84. The predicted octanol–water partition coefficient (Wildman–Crippen LogP) is 3.54. The maximum Gasteiger partial charge on any atom is 0.343 e. The van der Waals surface area contributed by atoms with Gasteiger partial charge in [-0.2, -0.15) is 0 Å². The molecular weight excluding hydrogens is 280 g/mol. The van der Waals surface area contributed by atoms with Gasteiger partial charge in [-0.1, -0.05) is 54.6 Å². The number of carbonyl (C=O) groups excluding carboxylic acids is 1. The molecule has 2 aromatic carbocycles. The van der Waals surface area contributed by atoms with Gasteiger partial charge in [-0.3, -0.25) is 4.79 Å². The molecule has 2 aromatic rings. The smallest absolute Gasteiger partial charge is 0.343 e. The quantitative estimate of drug-likeness (QED) is 0.503. The summed E-state index contributed by atoms with van der Waals surface area (Å²) in [6.45, 7) is 0. The monoisotopic (exact) mass is 296 g/mol. The van der Waals surface area contributed by atoms with Gasteiger partial charge in [-0.25, -0.2) is 4.79 Å². The van der Waals surface area contributed by atoms with E-state index in [-0.39, 0.29) is 12.8 Å². The van der Waals surface area contributed by atoms with Gasteiger partial charge in [-0.05, 0) is 24.1 Å². The van der Waals surface area contributed by atoms with Crippen molar-refractivity contribution in [1.29, 1.82) is 0 Å². The SMILES string of the molecule is O=C(O)CCC=C(C(=O)Oc1ccccc1)c1ccccc1. The number of hydrogen-bond acceptors (Lipinski definition) is 3. The molecule has 0 unspecified atom stereocenters.